The Hall–Kier alpha value is -0.0400. The zero-order valence-corrected chi connectivity index (χ0v) is 7.84. The molecule has 0 aromatic heterocycles. The monoisotopic (exact) mass is 165 g/mol. The first-order valence-corrected chi connectivity index (χ1v) is 5.69. The average Bonchev–Trinajstić information content (AvgIpc) is 2.62. The van der Waals surface area contributed by atoms with Gasteiger partial charge < -0.3 is 0 Å². The lowest BCUT2D eigenvalue weighted by atomic mass is 9.86. The fourth-order valence-electron chi connectivity index (χ4n) is 3.43. The van der Waals surface area contributed by atoms with Crippen LogP contribution < -0.4 is 0 Å². The van der Waals surface area contributed by atoms with Crippen LogP contribution in [0.4, 0.5) is 0 Å². The molecule has 4 aliphatic rings. The summed E-state index contributed by atoms with van der Waals surface area (Å²) in [5, 5.41) is 0. The van der Waals surface area contributed by atoms with Gasteiger partial charge in [-0.3, -0.25) is 4.90 Å². The summed E-state index contributed by atoms with van der Waals surface area (Å²) < 4.78 is 0. The van der Waals surface area contributed by atoms with Gasteiger partial charge in [-0.15, -0.1) is 0 Å². The van der Waals surface area contributed by atoms with Crippen molar-refractivity contribution in [2.45, 2.75) is 57.0 Å². The summed E-state index contributed by atoms with van der Waals surface area (Å²) in [5.41, 5.74) is 0. The molecule has 2 heterocycles. The molecule has 1 nitrogen and oxygen atoms in total. The van der Waals surface area contributed by atoms with Gasteiger partial charge in [0.2, 0.25) is 0 Å². The molecule has 0 N–H and O–H groups in total. The molecule has 68 valence electrons. The quantitative estimate of drug-likeness (QED) is 0.576. The summed E-state index contributed by atoms with van der Waals surface area (Å²) in [7, 11) is 0. The smallest absolute Gasteiger partial charge is 0.0105 e. The van der Waals surface area contributed by atoms with Gasteiger partial charge in [-0.2, -0.15) is 0 Å². The van der Waals surface area contributed by atoms with Gasteiger partial charge >= 0.3 is 0 Å². The summed E-state index contributed by atoms with van der Waals surface area (Å²) in [6, 6.07) is 2.02. The second-order valence-electron chi connectivity index (χ2n) is 4.98. The lowest BCUT2D eigenvalue weighted by Gasteiger charge is -2.34. The molecule has 0 atom stereocenters. The molecular formula is C11H19N. The highest BCUT2D eigenvalue weighted by atomic mass is 15.2. The van der Waals surface area contributed by atoms with E-state index >= 15 is 0 Å². The Balaban J connectivity index is 1.64. The minimum Gasteiger partial charge on any atom is -0.297 e. The maximum atomic E-state index is 2.84. The SMILES string of the molecule is C1CCC(N2CC3CC2C3)CC1. The minimum absolute atomic E-state index is 0.997. The highest BCUT2D eigenvalue weighted by Gasteiger charge is 2.45. The van der Waals surface area contributed by atoms with Crippen LogP contribution in [0.1, 0.15) is 44.9 Å². The van der Waals surface area contributed by atoms with Crippen LogP contribution in [0.2, 0.25) is 0 Å². The van der Waals surface area contributed by atoms with E-state index in [1.54, 1.807) is 0 Å². The fraction of sp³-hybridized carbons (Fsp3) is 1.00. The summed E-state index contributed by atoms with van der Waals surface area (Å²) in [6.45, 7) is 1.45. The van der Waals surface area contributed by atoms with Crippen molar-refractivity contribution >= 4 is 0 Å². The van der Waals surface area contributed by atoms with Crippen LogP contribution in [0.3, 0.4) is 0 Å². The first-order chi connectivity index (χ1) is 5.93. The van der Waals surface area contributed by atoms with Gasteiger partial charge in [-0.05, 0) is 31.6 Å². The van der Waals surface area contributed by atoms with Gasteiger partial charge in [0, 0.05) is 18.6 Å². The second-order valence-corrected chi connectivity index (χ2v) is 4.98. The van der Waals surface area contributed by atoms with E-state index in [2.05, 4.69) is 4.90 Å². The van der Waals surface area contributed by atoms with E-state index in [9.17, 15) is 0 Å². The van der Waals surface area contributed by atoms with Crippen molar-refractivity contribution in [3.8, 4) is 0 Å². The number of fused-ring (bicyclic) bond motifs is 1. The highest BCUT2D eigenvalue weighted by molar-refractivity contribution is 4.99. The van der Waals surface area contributed by atoms with Crippen molar-refractivity contribution in [1.29, 1.82) is 0 Å². The average molecular weight is 165 g/mol. The van der Waals surface area contributed by atoms with Crippen LogP contribution >= 0.6 is 0 Å². The van der Waals surface area contributed by atoms with Gasteiger partial charge in [0.15, 0.2) is 0 Å². The molecule has 0 unspecified atom stereocenters. The van der Waals surface area contributed by atoms with Crippen molar-refractivity contribution in [3.05, 3.63) is 0 Å². The molecule has 2 saturated heterocycles. The molecule has 0 aromatic carbocycles. The fourth-order valence-corrected chi connectivity index (χ4v) is 3.43. The molecule has 4 rings (SSSR count). The van der Waals surface area contributed by atoms with Crippen molar-refractivity contribution in [2.75, 3.05) is 6.54 Å². The number of rotatable bonds is 1. The molecule has 2 bridgehead atoms. The molecule has 0 aromatic rings. The maximum Gasteiger partial charge on any atom is 0.0105 e. The van der Waals surface area contributed by atoms with E-state index in [1.807, 2.05) is 0 Å². The van der Waals surface area contributed by atoms with E-state index < -0.39 is 0 Å². The van der Waals surface area contributed by atoms with Crippen LogP contribution in [0.15, 0.2) is 0 Å². The summed E-state index contributed by atoms with van der Waals surface area (Å²) in [4.78, 5) is 2.84. The van der Waals surface area contributed by atoms with Crippen LogP contribution in [-0.2, 0) is 0 Å². The molecule has 1 heteroatoms. The van der Waals surface area contributed by atoms with E-state index in [1.165, 1.54) is 51.5 Å². The molecule has 12 heavy (non-hydrogen) atoms. The van der Waals surface area contributed by atoms with Gasteiger partial charge in [-0.25, -0.2) is 0 Å². The predicted octanol–water partition coefficient (Wildman–Crippen LogP) is 2.41. The van der Waals surface area contributed by atoms with Crippen molar-refractivity contribution in [2.24, 2.45) is 5.92 Å². The minimum atomic E-state index is 0.997. The van der Waals surface area contributed by atoms with Gasteiger partial charge in [-0.1, -0.05) is 19.3 Å². The molecule has 2 saturated carbocycles. The topological polar surface area (TPSA) is 3.24 Å². The predicted molar refractivity (Wildman–Crippen MR) is 50.1 cm³/mol. The zero-order valence-electron chi connectivity index (χ0n) is 7.84. The Morgan fingerprint density at radius 1 is 0.833 bits per heavy atom. The summed E-state index contributed by atoms with van der Waals surface area (Å²) in [6.07, 6.45) is 10.6. The van der Waals surface area contributed by atoms with Gasteiger partial charge in [0.05, 0.1) is 0 Å². The van der Waals surface area contributed by atoms with Crippen molar-refractivity contribution in [3.63, 3.8) is 0 Å². The van der Waals surface area contributed by atoms with Crippen molar-refractivity contribution < 1.29 is 0 Å². The van der Waals surface area contributed by atoms with Gasteiger partial charge in [0.1, 0.15) is 0 Å². The maximum absolute atomic E-state index is 2.84. The van der Waals surface area contributed by atoms with Crippen LogP contribution in [0.5, 0.6) is 0 Å². The molecule has 2 aliphatic carbocycles. The van der Waals surface area contributed by atoms with Crippen LogP contribution in [-0.4, -0.2) is 23.5 Å². The van der Waals surface area contributed by atoms with E-state index in [4.69, 9.17) is 0 Å². The third kappa shape index (κ3) is 1.02. The summed E-state index contributed by atoms with van der Waals surface area (Å²) >= 11 is 0. The molecule has 4 fully saturated rings. The molecule has 0 spiro atoms. The first-order valence-electron chi connectivity index (χ1n) is 5.69. The number of nitrogens with zero attached hydrogens (tertiary/aromatic N) is 1. The van der Waals surface area contributed by atoms with E-state index in [0.29, 0.717) is 0 Å². The normalized spacial score (nSPS) is 43.0. The van der Waals surface area contributed by atoms with E-state index in [0.717, 1.165) is 18.0 Å². The Labute approximate surface area is 75.1 Å². The standard InChI is InChI=1S/C11H19N/c1-2-4-10(5-3-1)12-8-9-6-11(12)7-9/h9-11H,1-8H2. The van der Waals surface area contributed by atoms with E-state index in [-0.39, 0.29) is 0 Å². The largest absolute Gasteiger partial charge is 0.297 e. The molecular weight excluding hydrogens is 146 g/mol. The number of hydrogen-bond acceptors (Lipinski definition) is 1. The third-order valence-corrected chi connectivity index (χ3v) is 4.19. The van der Waals surface area contributed by atoms with Crippen LogP contribution in [0.25, 0.3) is 0 Å². The Morgan fingerprint density at radius 3 is 2.17 bits per heavy atom. The van der Waals surface area contributed by atoms with Gasteiger partial charge in [0.25, 0.3) is 0 Å². The summed E-state index contributed by atoms with van der Waals surface area (Å²) in [5.74, 6) is 1.11. The molecule has 0 amide bonds. The lowest BCUT2D eigenvalue weighted by Crippen LogP contribution is -2.38. The molecule has 0 radical (unpaired) electrons. The Kier molecular flexibility index (Phi) is 1.68. The highest BCUT2D eigenvalue weighted by Crippen LogP contribution is 2.43. The lowest BCUT2D eigenvalue weighted by molar-refractivity contribution is 0.149. The zero-order chi connectivity index (χ0) is 7.97. The van der Waals surface area contributed by atoms with Crippen LogP contribution in [0, 0.1) is 5.92 Å². The third-order valence-electron chi connectivity index (χ3n) is 4.19. The van der Waals surface area contributed by atoms with Crippen molar-refractivity contribution in [1.82, 2.24) is 4.90 Å². The Morgan fingerprint density at radius 2 is 1.58 bits per heavy atom. The Bertz CT molecular complexity index is 166. The first kappa shape index (κ1) is 7.37. The second kappa shape index (κ2) is 2.73. The molecule has 2 aliphatic heterocycles. The number of hydrogen-bond donors (Lipinski definition) is 0.